The van der Waals surface area contributed by atoms with Crippen LogP contribution in [0, 0.1) is 0 Å². The molecule has 5 nitrogen and oxygen atoms in total. The molecule has 1 aromatic heterocycles. The van der Waals surface area contributed by atoms with Crippen molar-refractivity contribution in [3.63, 3.8) is 0 Å². The van der Waals surface area contributed by atoms with Crippen LogP contribution in [0.15, 0.2) is 0 Å². The molecule has 78 valence electrons. The number of β-amino-alcohol motifs (C(OH)–C–C–N with tert-alkyl or cyclic N) is 2. The summed E-state index contributed by atoms with van der Waals surface area (Å²) in [6, 6.07) is 0. The van der Waals surface area contributed by atoms with E-state index in [2.05, 4.69) is 9.59 Å². The maximum Gasteiger partial charge on any atom is 0.138 e. The normalized spacial score (nSPS) is 28.5. The maximum absolute atomic E-state index is 9.31. The predicted molar refractivity (Wildman–Crippen MR) is 52.2 cm³/mol. The fourth-order valence-electron chi connectivity index (χ4n) is 1.48. The quantitative estimate of drug-likeness (QED) is 0.739. The summed E-state index contributed by atoms with van der Waals surface area (Å²) >= 11 is 6.97. The highest BCUT2D eigenvalue weighted by Crippen LogP contribution is 2.21. The fraction of sp³-hybridized carbons (Fsp3) is 0.714. The summed E-state index contributed by atoms with van der Waals surface area (Å²) in [5, 5.41) is 22.5. The average molecular weight is 236 g/mol. The van der Waals surface area contributed by atoms with Crippen LogP contribution in [0.25, 0.3) is 0 Å². The van der Waals surface area contributed by atoms with Crippen molar-refractivity contribution < 1.29 is 10.2 Å². The number of hydrogen-bond acceptors (Lipinski definition) is 6. The summed E-state index contributed by atoms with van der Waals surface area (Å²) in [4.78, 5) is 1.90. The highest BCUT2D eigenvalue weighted by atomic mass is 35.5. The monoisotopic (exact) mass is 235 g/mol. The maximum atomic E-state index is 9.31. The van der Waals surface area contributed by atoms with Gasteiger partial charge in [-0.2, -0.15) is 0 Å². The summed E-state index contributed by atoms with van der Waals surface area (Å²) < 4.78 is 4.28. The zero-order chi connectivity index (χ0) is 10.1. The number of aromatic nitrogens is 2. The Morgan fingerprint density at radius 1 is 1.43 bits per heavy atom. The van der Waals surface area contributed by atoms with Crippen molar-refractivity contribution >= 4 is 23.1 Å². The molecule has 1 aliphatic heterocycles. The number of aliphatic hydroxyl groups excluding tert-OH is 2. The van der Waals surface area contributed by atoms with E-state index >= 15 is 0 Å². The summed E-state index contributed by atoms with van der Waals surface area (Å²) in [6.07, 6.45) is -1.33. The molecular weight excluding hydrogens is 226 g/mol. The molecule has 0 saturated carbocycles. The smallest absolute Gasteiger partial charge is 0.138 e. The van der Waals surface area contributed by atoms with Gasteiger partial charge in [-0.05, 0) is 0 Å². The Balaban J connectivity index is 1.97. The summed E-state index contributed by atoms with van der Waals surface area (Å²) in [7, 11) is 0. The second-order valence-electron chi connectivity index (χ2n) is 3.32. The first-order chi connectivity index (χ1) is 6.66. The van der Waals surface area contributed by atoms with E-state index in [0.717, 1.165) is 11.5 Å². The minimum Gasteiger partial charge on any atom is -0.389 e. The molecular formula is C7H10ClN3O2S. The van der Waals surface area contributed by atoms with E-state index in [4.69, 9.17) is 11.6 Å². The molecule has 7 heteroatoms. The standard InChI is InChI=1S/C7H10ClN3O2S/c8-7-4(9-10-14-7)1-11-2-5(12)6(13)3-11/h5-6,12-13H,1-3H2/t5-,6+. The predicted octanol–water partition coefficient (Wildman–Crippen LogP) is -0.271. The third-order valence-corrected chi connectivity index (χ3v) is 3.20. The van der Waals surface area contributed by atoms with Crippen LogP contribution in [0.2, 0.25) is 4.34 Å². The molecule has 0 aromatic carbocycles. The third-order valence-electron chi connectivity index (χ3n) is 2.22. The van der Waals surface area contributed by atoms with Gasteiger partial charge in [0.15, 0.2) is 0 Å². The molecule has 2 heterocycles. The van der Waals surface area contributed by atoms with Gasteiger partial charge in [0.25, 0.3) is 0 Å². The van der Waals surface area contributed by atoms with Gasteiger partial charge in [0, 0.05) is 31.2 Å². The lowest BCUT2D eigenvalue weighted by atomic mass is 10.3. The zero-order valence-electron chi connectivity index (χ0n) is 7.30. The van der Waals surface area contributed by atoms with E-state index < -0.39 is 12.2 Å². The Bertz CT molecular complexity index is 312. The third kappa shape index (κ3) is 2.04. The Morgan fingerprint density at radius 3 is 2.57 bits per heavy atom. The highest BCUT2D eigenvalue weighted by Gasteiger charge is 2.30. The first-order valence-electron chi connectivity index (χ1n) is 4.22. The van der Waals surface area contributed by atoms with Crippen molar-refractivity contribution in [1.29, 1.82) is 0 Å². The molecule has 0 bridgehead atoms. The van der Waals surface area contributed by atoms with Crippen LogP contribution in [-0.4, -0.2) is 50.0 Å². The Labute approximate surface area is 90.1 Å². The van der Waals surface area contributed by atoms with Crippen molar-refractivity contribution in [2.75, 3.05) is 13.1 Å². The van der Waals surface area contributed by atoms with Gasteiger partial charge in [-0.3, -0.25) is 4.90 Å². The average Bonchev–Trinajstić information content (AvgIpc) is 2.63. The lowest BCUT2D eigenvalue weighted by molar-refractivity contribution is 0.0572. The molecule has 1 aliphatic rings. The molecule has 1 saturated heterocycles. The first-order valence-corrected chi connectivity index (χ1v) is 5.37. The SMILES string of the molecule is O[C@@H]1CN(Cc2nnsc2Cl)C[C@@H]1O. The Hall–Kier alpha value is -0.270. The van der Waals surface area contributed by atoms with Gasteiger partial charge in [0.1, 0.15) is 10.0 Å². The van der Waals surface area contributed by atoms with Gasteiger partial charge >= 0.3 is 0 Å². The molecule has 0 unspecified atom stereocenters. The van der Waals surface area contributed by atoms with Crippen LogP contribution < -0.4 is 0 Å². The number of aliphatic hydroxyl groups is 2. The van der Waals surface area contributed by atoms with Gasteiger partial charge < -0.3 is 10.2 Å². The summed E-state index contributed by atoms with van der Waals surface area (Å²) in [5.41, 5.74) is 0.706. The Morgan fingerprint density at radius 2 is 2.07 bits per heavy atom. The lowest BCUT2D eigenvalue weighted by Gasteiger charge is -2.11. The summed E-state index contributed by atoms with van der Waals surface area (Å²) in [5.74, 6) is 0. The molecule has 0 spiro atoms. The van der Waals surface area contributed by atoms with E-state index in [1.807, 2.05) is 4.90 Å². The van der Waals surface area contributed by atoms with Gasteiger partial charge in [-0.1, -0.05) is 16.1 Å². The van der Waals surface area contributed by atoms with E-state index in [0.29, 0.717) is 29.7 Å². The topological polar surface area (TPSA) is 69.5 Å². The molecule has 14 heavy (non-hydrogen) atoms. The molecule has 2 rings (SSSR count). The minimum atomic E-state index is -0.666. The van der Waals surface area contributed by atoms with Gasteiger partial charge in [-0.15, -0.1) is 5.10 Å². The molecule has 1 aromatic rings. The second-order valence-corrected chi connectivity index (χ2v) is 4.68. The second kappa shape index (κ2) is 4.08. The lowest BCUT2D eigenvalue weighted by Crippen LogP contribution is -2.22. The van der Waals surface area contributed by atoms with Gasteiger partial charge in [0.05, 0.1) is 12.2 Å². The van der Waals surface area contributed by atoms with E-state index in [1.54, 1.807) is 0 Å². The van der Waals surface area contributed by atoms with E-state index in [1.165, 1.54) is 0 Å². The minimum absolute atomic E-state index is 0.453. The molecule has 0 radical (unpaired) electrons. The fourth-order valence-corrected chi connectivity index (χ4v) is 2.09. The van der Waals surface area contributed by atoms with Crippen LogP contribution in [-0.2, 0) is 6.54 Å². The van der Waals surface area contributed by atoms with Crippen molar-refractivity contribution in [2.45, 2.75) is 18.8 Å². The number of likely N-dealkylation sites (tertiary alicyclic amines) is 1. The number of nitrogens with zero attached hydrogens (tertiary/aromatic N) is 3. The van der Waals surface area contributed by atoms with Gasteiger partial charge in [0.2, 0.25) is 0 Å². The van der Waals surface area contributed by atoms with E-state index in [9.17, 15) is 10.2 Å². The van der Waals surface area contributed by atoms with Crippen LogP contribution in [0.5, 0.6) is 0 Å². The van der Waals surface area contributed by atoms with Gasteiger partial charge in [-0.25, -0.2) is 0 Å². The van der Waals surface area contributed by atoms with Crippen molar-refractivity contribution in [3.8, 4) is 0 Å². The number of rotatable bonds is 2. The van der Waals surface area contributed by atoms with Crippen LogP contribution in [0.4, 0.5) is 0 Å². The number of hydrogen-bond donors (Lipinski definition) is 2. The van der Waals surface area contributed by atoms with Crippen LogP contribution >= 0.6 is 23.1 Å². The van der Waals surface area contributed by atoms with Crippen LogP contribution in [0.1, 0.15) is 5.69 Å². The van der Waals surface area contributed by atoms with Crippen LogP contribution in [0.3, 0.4) is 0 Å². The Kier molecular flexibility index (Phi) is 2.99. The molecule has 0 aliphatic carbocycles. The van der Waals surface area contributed by atoms with E-state index in [-0.39, 0.29) is 0 Å². The summed E-state index contributed by atoms with van der Waals surface area (Å²) in [6.45, 7) is 1.44. The van der Waals surface area contributed by atoms with Crippen molar-refractivity contribution in [2.24, 2.45) is 0 Å². The molecule has 1 fully saturated rings. The molecule has 2 atom stereocenters. The largest absolute Gasteiger partial charge is 0.389 e. The number of halogens is 1. The van der Waals surface area contributed by atoms with Crippen molar-refractivity contribution in [1.82, 2.24) is 14.5 Å². The first kappa shape index (κ1) is 10.3. The zero-order valence-corrected chi connectivity index (χ0v) is 8.87. The molecule has 0 amide bonds. The van der Waals surface area contributed by atoms with Crippen molar-refractivity contribution in [3.05, 3.63) is 10.0 Å². The molecule has 2 N–H and O–H groups in total. The highest BCUT2D eigenvalue weighted by molar-refractivity contribution is 7.10.